The quantitative estimate of drug-likeness (QED) is 0.415. The zero-order chi connectivity index (χ0) is 21.9. The Bertz CT molecular complexity index is 1080. The molecule has 1 atom stereocenters. The second-order valence-electron chi connectivity index (χ2n) is 6.55. The summed E-state index contributed by atoms with van der Waals surface area (Å²) >= 11 is 0. The van der Waals surface area contributed by atoms with Crippen molar-refractivity contribution in [1.82, 2.24) is 20.1 Å². The molecule has 0 radical (unpaired) electrons. The first-order chi connectivity index (χ1) is 14.2. The van der Waals surface area contributed by atoms with Crippen LogP contribution in [0.25, 0.3) is 0 Å². The van der Waals surface area contributed by atoms with Crippen molar-refractivity contribution in [2.75, 3.05) is 11.3 Å². The number of aromatic nitrogens is 1. The normalized spacial score (nSPS) is 16.0. The second-order valence-corrected chi connectivity index (χ2v) is 7.97. The lowest BCUT2D eigenvalue weighted by Gasteiger charge is -2.36. The van der Waals surface area contributed by atoms with Gasteiger partial charge < -0.3 is 15.6 Å². The number of amides is 4. The number of nitrogens with two attached hydrogens (primary N) is 1. The van der Waals surface area contributed by atoms with Gasteiger partial charge in [-0.25, -0.2) is 14.2 Å². The molecule has 0 spiro atoms. The zero-order valence-corrected chi connectivity index (χ0v) is 16.7. The molecule has 30 heavy (non-hydrogen) atoms. The van der Waals surface area contributed by atoms with Gasteiger partial charge in [0.1, 0.15) is 11.8 Å². The van der Waals surface area contributed by atoms with Gasteiger partial charge in [-0.15, -0.1) is 0 Å². The van der Waals surface area contributed by atoms with Crippen LogP contribution in [-0.2, 0) is 32.8 Å². The molecule has 0 saturated carbocycles. The molecule has 4 amide bonds. The van der Waals surface area contributed by atoms with E-state index in [0.717, 1.165) is 11.1 Å². The predicted octanol–water partition coefficient (Wildman–Crippen LogP) is -0.622. The van der Waals surface area contributed by atoms with E-state index in [4.69, 9.17) is 10.3 Å². The molecule has 1 aliphatic heterocycles. The third-order valence-corrected chi connectivity index (χ3v) is 5.21. The monoisotopic (exact) mass is 436 g/mol. The maximum Gasteiger partial charge on any atom is 0.339 e. The first-order valence-corrected chi connectivity index (χ1v) is 10.3. The fourth-order valence-electron chi connectivity index (χ4n) is 2.81. The summed E-state index contributed by atoms with van der Waals surface area (Å²) in [7, 11) is -4.32. The average Bonchev–Trinajstić information content (AvgIpc) is 3.08. The molecule has 1 fully saturated rings. The number of carbonyl (C=O) groups excluding carboxylic acids is 3. The van der Waals surface area contributed by atoms with Gasteiger partial charge in [-0.2, -0.15) is 8.42 Å². The summed E-state index contributed by atoms with van der Waals surface area (Å²) in [6.45, 7) is 1.68. The van der Waals surface area contributed by atoms with E-state index in [2.05, 4.69) is 10.5 Å². The van der Waals surface area contributed by atoms with Crippen molar-refractivity contribution in [2.24, 2.45) is 5.73 Å². The van der Waals surface area contributed by atoms with Crippen LogP contribution in [0.5, 0.6) is 0 Å². The molecule has 12 nitrogen and oxygen atoms in total. The highest BCUT2D eigenvalue weighted by Crippen LogP contribution is 2.14. The summed E-state index contributed by atoms with van der Waals surface area (Å²) in [4.78, 5) is 37.1. The van der Waals surface area contributed by atoms with Crippen LogP contribution in [0.1, 0.15) is 16.9 Å². The molecule has 1 aliphatic rings. The van der Waals surface area contributed by atoms with E-state index in [0.29, 0.717) is 10.7 Å². The minimum Gasteiger partial charge on any atom is -0.360 e. The first kappa shape index (κ1) is 21.3. The Morgan fingerprint density at radius 1 is 1.30 bits per heavy atom. The van der Waals surface area contributed by atoms with E-state index in [-0.39, 0.29) is 25.3 Å². The van der Waals surface area contributed by atoms with Crippen LogP contribution in [0.2, 0.25) is 0 Å². The van der Waals surface area contributed by atoms with Crippen LogP contribution in [0.4, 0.5) is 10.6 Å². The molecule has 160 valence electrons. The highest BCUT2D eigenvalue weighted by atomic mass is 32.2. The number of anilines is 1. The SMILES string of the molecule is Cc1cc(NS(=O)(=O)NC(=O)N2C[C@H](NC(=O)Cc3ccccc3CN)C2=O)no1. The van der Waals surface area contributed by atoms with Gasteiger partial charge in [-0.1, -0.05) is 29.4 Å². The number of aryl methyl sites for hydroxylation is 1. The maximum absolute atomic E-state index is 12.2. The van der Waals surface area contributed by atoms with E-state index >= 15 is 0 Å². The highest BCUT2D eigenvalue weighted by molar-refractivity contribution is 7.91. The van der Waals surface area contributed by atoms with Gasteiger partial charge in [-0.05, 0) is 18.1 Å². The highest BCUT2D eigenvalue weighted by Gasteiger charge is 2.42. The average molecular weight is 436 g/mol. The van der Waals surface area contributed by atoms with Gasteiger partial charge in [0, 0.05) is 12.6 Å². The second kappa shape index (κ2) is 8.51. The van der Waals surface area contributed by atoms with Crippen molar-refractivity contribution in [3.63, 3.8) is 0 Å². The van der Waals surface area contributed by atoms with Crippen LogP contribution in [-0.4, -0.2) is 48.9 Å². The number of carbonyl (C=O) groups is 3. The molecule has 0 bridgehead atoms. The molecule has 1 saturated heterocycles. The Morgan fingerprint density at radius 2 is 2.00 bits per heavy atom. The number of nitrogens with zero attached hydrogens (tertiary/aromatic N) is 2. The van der Waals surface area contributed by atoms with E-state index in [1.165, 1.54) is 6.07 Å². The third kappa shape index (κ3) is 4.93. The molecule has 13 heteroatoms. The largest absolute Gasteiger partial charge is 0.360 e. The molecule has 0 aliphatic carbocycles. The standard InChI is InChI=1S/C17H20N6O6S/c1-10-6-14(20-29-10)21-30(27,28)22-17(26)23-9-13(16(23)25)19-15(24)7-11-4-2-3-5-12(11)8-18/h2-6,13H,7-9,18H2,1H3,(H,19,24)(H,20,21)(H,22,26)/t13-/m0/s1. The van der Waals surface area contributed by atoms with Crippen molar-refractivity contribution in [2.45, 2.75) is 25.9 Å². The number of urea groups is 1. The fraction of sp³-hybridized carbons (Fsp3) is 0.294. The van der Waals surface area contributed by atoms with Crippen molar-refractivity contribution in [3.8, 4) is 0 Å². The first-order valence-electron chi connectivity index (χ1n) is 8.84. The van der Waals surface area contributed by atoms with Gasteiger partial charge >= 0.3 is 16.2 Å². The van der Waals surface area contributed by atoms with Crippen molar-refractivity contribution >= 4 is 33.9 Å². The van der Waals surface area contributed by atoms with Gasteiger partial charge in [0.2, 0.25) is 5.91 Å². The van der Waals surface area contributed by atoms with E-state index in [1.54, 1.807) is 29.8 Å². The number of imide groups is 1. The summed E-state index contributed by atoms with van der Waals surface area (Å²) in [6, 6.07) is 6.40. The third-order valence-electron chi connectivity index (χ3n) is 4.29. The van der Waals surface area contributed by atoms with Crippen LogP contribution < -0.4 is 20.5 Å². The molecule has 0 unspecified atom stereocenters. The zero-order valence-electron chi connectivity index (χ0n) is 15.9. The molecular weight excluding hydrogens is 416 g/mol. The summed E-state index contributed by atoms with van der Waals surface area (Å²) in [6.07, 6.45) is 0.0266. The number of nitrogens with one attached hydrogen (secondary N) is 3. The summed E-state index contributed by atoms with van der Waals surface area (Å²) in [5.41, 5.74) is 7.19. The Balaban J connectivity index is 1.50. The number of hydrogen-bond donors (Lipinski definition) is 4. The van der Waals surface area contributed by atoms with E-state index in [9.17, 15) is 22.8 Å². The van der Waals surface area contributed by atoms with Crippen LogP contribution in [0, 0.1) is 6.92 Å². The fourth-order valence-corrected chi connectivity index (χ4v) is 3.57. The maximum atomic E-state index is 12.2. The lowest BCUT2D eigenvalue weighted by molar-refractivity contribution is -0.142. The minimum atomic E-state index is -4.32. The number of benzene rings is 1. The summed E-state index contributed by atoms with van der Waals surface area (Å²) < 4.78 is 32.3. The van der Waals surface area contributed by atoms with Gasteiger partial charge in [-0.3, -0.25) is 14.5 Å². The minimum absolute atomic E-state index is 0.0266. The smallest absolute Gasteiger partial charge is 0.339 e. The van der Waals surface area contributed by atoms with Gasteiger partial charge in [0.15, 0.2) is 5.82 Å². The molecule has 1 aromatic heterocycles. The Hall–Kier alpha value is -3.45. The van der Waals surface area contributed by atoms with E-state index < -0.39 is 34.1 Å². The molecule has 5 N–H and O–H groups in total. The van der Waals surface area contributed by atoms with Crippen molar-refractivity contribution in [3.05, 3.63) is 47.2 Å². The van der Waals surface area contributed by atoms with Crippen LogP contribution >= 0.6 is 0 Å². The van der Waals surface area contributed by atoms with Gasteiger partial charge in [0.05, 0.1) is 13.0 Å². The summed E-state index contributed by atoms with van der Waals surface area (Å²) in [5.74, 6) is -0.888. The predicted molar refractivity (Wildman–Crippen MR) is 104 cm³/mol. The van der Waals surface area contributed by atoms with Crippen molar-refractivity contribution in [1.29, 1.82) is 0 Å². The molecule has 2 heterocycles. The van der Waals surface area contributed by atoms with Crippen LogP contribution in [0.15, 0.2) is 34.9 Å². The number of likely N-dealkylation sites (tertiary alicyclic amines) is 1. The Morgan fingerprint density at radius 3 is 2.60 bits per heavy atom. The lowest BCUT2D eigenvalue weighted by Crippen LogP contribution is -2.67. The van der Waals surface area contributed by atoms with Gasteiger partial charge in [0.25, 0.3) is 5.91 Å². The van der Waals surface area contributed by atoms with E-state index in [1.807, 2.05) is 10.8 Å². The topological polar surface area (TPSA) is 177 Å². The summed E-state index contributed by atoms with van der Waals surface area (Å²) in [5, 5.41) is 5.96. The molecular formula is C17H20N6O6S. The van der Waals surface area contributed by atoms with Crippen LogP contribution in [0.3, 0.4) is 0 Å². The van der Waals surface area contributed by atoms with Crippen molar-refractivity contribution < 1.29 is 27.3 Å². The molecule has 2 aromatic rings. The Kier molecular flexibility index (Phi) is 6.03. The lowest BCUT2D eigenvalue weighted by atomic mass is 10.0. The number of rotatable bonds is 7. The number of β-lactam (4-membered cyclic amide) rings is 1. The number of hydrogen-bond acceptors (Lipinski definition) is 8. The molecule has 1 aromatic carbocycles. The Labute approximate surface area is 171 Å². The molecule has 3 rings (SSSR count).